The van der Waals surface area contributed by atoms with Crippen molar-refractivity contribution in [2.24, 2.45) is 5.92 Å². The molecule has 17 heavy (non-hydrogen) atoms. The molecule has 0 radical (unpaired) electrons. The Morgan fingerprint density at radius 1 is 1.47 bits per heavy atom. The Morgan fingerprint density at radius 3 is 2.82 bits per heavy atom. The van der Waals surface area contributed by atoms with Crippen molar-refractivity contribution >= 4 is 5.97 Å². The molecule has 1 atom stereocenters. The second-order valence-electron chi connectivity index (χ2n) is 4.92. The highest BCUT2D eigenvalue weighted by atomic mass is 16.4. The van der Waals surface area contributed by atoms with Gasteiger partial charge >= 0.3 is 5.97 Å². The van der Waals surface area contributed by atoms with Crippen molar-refractivity contribution in [3.63, 3.8) is 0 Å². The molecule has 3 heteroatoms. The number of aromatic carboxylic acids is 1. The summed E-state index contributed by atoms with van der Waals surface area (Å²) in [4.78, 5) is 11.0. The van der Waals surface area contributed by atoms with E-state index in [2.05, 4.69) is 12.2 Å². The molecule has 1 aliphatic rings. The summed E-state index contributed by atoms with van der Waals surface area (Å²) in [5.41, 5.74) is 1.27. The maximum Gasteiger partial charge on any atom is 0.336 e. The summed E-state index contributed by atoms with van der Waals surface area (Å²) in [6, 6.07) is 7.64. The van der Waals surface area contributed by atoms with Crippen molar-refractivity contribution < 1.29 is 9.90 Å². The van der Waals surface area contributed by atoms with Gasteiger partial charge in [0.2, 0.25) is 0 Å². The molecule has 0 bridgehead atoms. The van der Waals surface area contributed by atoms with Crippen LogP contribution in [0.15, 0.2) is 24.3 Å². The Morgan fingerprint density at radius 2 is 2.18 bits per heavy atom. The molecule has 1 aliphatic carbocycles. The van der Waals surface area contributed by atoms with Gasteiger partial charge < -0.3 is 10.4 Å². The van der Waals surface area contributed by atoms with Crippen LogP contribution in [0.2, 0.25) is 0 Å². The molecule has 1 fully saturated rings. The SMILES string of the molecule is CC(CC1CC1)NCc1ccccc1C(=O)O. The van der Waals surface area contributed by atoms with Crippen LogP contribution < -0.4 is 5.32 Å². The lowest BCUT2D eigenvalue weighted by Crippen LogP contribution is -2.26. The van der Waals surface area contributed by atoms with Crippen molar-refractivity contribution in [3.8, 4) is 0 Å². The summed E-state index contributed by atoms with van der Waals surface area (Å²) in [6.45, 7) is 2.80. The van der Waals surface area contributed by atoms with Crippen LogP contribution in [0, 0.1) is 5.92 Å². The summed E-state index contributed by atoms with van der Waals surface area (Å²) < 4.78 is 0. The monoisotopic (exact) mass is 233 g/mol. The smallest absolute Gasteiger partial charge is 0.336 e. The van der Waals surface area contributed by atoms with Gasteiger partial charge in [-0.15, -0.1) is 0 Å². The van der Waals surface area contributed by atoms with Crippen molar-refractivity contribution in [1.29, 1.82) is 0 Å². The first-order valence-electron chi connectivity index (χ1n) is 6.21. The fourth-order valence-electron chi connectivity index (χ4n) is 2.10. The van der Waals surface area contributed by atoms with Gasteiger partial charge in [0, 0.05) is 12.6 Å². The average Bonchev–Trinajstić information content (AvgIpc) is 3.10. The lowest BCUT2D eigenvalue weighted by molar-refractivity contribution is 0.0695. The molecule has 0 spiro atoms. The van der Waals surface area contributed by atoms with E-state index in [1.54, 1.807) is 12.1 Å². The third-order valence-corrected chi connectivity index (χ3v) is 3.27. The number of carbonyl (C=O) groups is 1. The molecular formula is C14H19NO2. The topological polar surface area (TPSA) is 49.3 Å². The third kappa shape index (κ3) is 3.56. The van der Waals surface area contributed by atoms with Gasteiger partial charge in [0.05, 0.1) is 5.56 Å². The van der Waals surface area contributed by atoms with Crippen molar-refractivity contribution in [3.05, 3.63) is 35.4 Å². The molecule has 0 aliphatic heterocycles. The molecule has 0 amide bonds. The van der Waals surface area contributed by atoms with Gasteiger partial charge in [0.1, 0.15) is 0 Å². The molecule has 1 unspecified atom stereocenters. The predicted molar refractivity (Wildman–Crippen MR) is 67.0 cm³/mol. The van der Waals surface area contributed by atoms with Gasteiger partial charge in [-0.3, -0.25) is 0 Å². The summed E-state index contributed by atoms with van der Waals surface area (Å²) in [5, 5.41) is 12.5. The Hall–Kier alpha value is -1.35. The molecule has 1 aromatic carbocycles. The Kier molecular flexibility index (Phi) is 3.79. The molecule has 1 aromatic rings. The van der Waals surface area contributed by atoms with Crippen LogP contribution in [0.1, 0.15) is 42.1 Å². The van der Waals surface area contributed by atoms with Crippen LogP contribution >= 0.6 is 0 Å². The number of carboxylic acids is 1. The first-order chi connectivity index (χ1) is 8.16. The fraction of sp³-hybridized carbons (Fsp3) is 0.500. The first-order valence-corrected chi connectivity index (χ1v) is 6.21. The van der Waals surface area contributed by atoms with E-state index in [0.717, 1.165) is 11.5 Å². The minimum atomic E-state index is -0.850. The largest absolute Gasteiger partial charge is 0.478 e. The standard InChI is InChI=1S/C14H19NO2/c1-10(8-11-6-7-11)15-9-12-4-2-3-5-13(12)14(16)17/h2-5,10-11,15H,6-9H2,1H3,(H,16,17). The summed E-state index contributed by atoms with van der Waals surface area (Å²) in [6.07, 6.45) is 3.92. The van der Waals surface area contributed by atoms with Gasteiger partial charge in [-0.2, -0.15) is 0 Å². The van der Waals surface area contributed by atoms with E-state index in [1.165, 1.54) is 19.3 Å². The zero-order valence-corrected chi connectivity index (χ0v) is 10.1. The highest BCUT2D eigenvalue weighted by molar-refractivity contribution is 5.89. The van der Waals surface area contributed by atoms with Gasteiger partial charge in [0.15, 0.2) is 0 Å². The zero-order valence-electron chi connectivity index (χ0n) is 10.1. The number of rotatable bonds is 6. The minimum Gasteiger partial charge on any atom is -0.478 e. The van der Waals surface area contributed by atoms with Crippen LogP contribution in [-0.2, 0) is 6.54 Å². The van der Waals surface area contributed by atoms with Crippen molar-refractivity contribution in [2.45, 2.75) is 38.8 Å². The lowest BCUT2D eigenvalue weighted by atomic mass is 10.1. The molecule has 2 N–H and O–H groups in total. The first kappa shape index (κ1) is 12.1. The predicted octanol–water partition coefficient (Wildman–Crippen LogP) is 2.66. The van der Waals surface area contributed by atoms with E-state index in [9.17, 15) is 4.79 Å². The Labute approximate surface area is 102 Å². The normalized spacial score (nSPS) is 16.8. The van der Waals surface area contributed by atoms with E-state index in [4.69, 9.17) is 5.11 Å². The van der Waals surface area contributed by atoms with E-state index in [0.29, 0.717) is 18.2 Å². The zero-order chi connectivity index (χ0) is 12.3. The molecular weight excluding hydrogens is 214 g/mol. The van der Waals surface area contributed by atoms with E-state index >= 15 is 0 Å². The minimum absolute atomic E-state index is 0.402. The van der Waals surface area contributed by atoms with Crippen LogP contribution in [0.25, 0.3) is 0 Å². The van der Waals surface area contributed by atoms with E-state index in [1.807, 2.05) is 12.1 Å². The summed E-state index contributed by atoms with van der Waals surface area (Å²) in [7, 11) is 0. The number of hydrogen-bond donors (Lipinski definition) is 2. The Bertz CT molecular complexity index is 399. The van der Waals surface area contributed by atoms with Gasteiger partial charge in [-0.1, -0.05) is 31.0 Å². The number of benzene rings is 1. The number of hydrogen-bond acceptors (Lipinski definition) is 2. The van der Waals surface area contributed by atoms with Gasteiger partial charge in [-0.05, 0) is 30.9 Å². The molecule has 2 rings (SSSR count). The quantitative estimate of drug-likeness (QED) is 0.794. The number of nitrogens with one attached hydrogen (secondary N) is 1. The van der Waals surface area contributed by atoms with E-state index in [-0.39, 0.29) is 0 Å². The summed E-state index contributed by atoms with van der Waals surface area (Å²) >= 11 is 0. The third-order valence-electron chi connectivity index (χ3n) is 3.27. The maximum absolute atomic E-state index is 11.0. The Balaban J connectivity index is 1.90. The molecule has 0 aromatic heterocycles. The second kappa shape index (κ2) is 5.32. The van der Waals surface area contributed by atoms with Gasteiger partial charge in [-0.25, -0.2) is 4.79 Å². The molecule has 3 nitrogen and oxygen atoms in total. The van der Waals surface area contributed by atoms with Gasteiger partial charge in [0.25, 0.3) is 0 Å². The highest BCUT2D eigenvalue weighted by Crippen LogP contribution is 2.33. The van der Waals surface area contributed by atoms with Crippen LogP contribution in [0.5, 0.6) is 0 Å². The second-order valence-corrected chi connectivity index (χ2v) is 4.92. The molecule has 0 heterocycles. The molecule has 1 saturated carbocycles. The molecule has 0 saturated heterocycles. The highest BCUT2D eigenvalue weighted by Gasteiger charge is 2.23. The molecule has 92 valence electrons. The fourth-order valence-corrected chi connectivity index (χ4v) is 2.10. The average molecular weight is 233 g/mol. The van der Waals surface area contributed by atoms with Crippen LogP contribution in [0.4, 0.5) is 0 Å². The van der Waals surface area contributed by atoms with Crippen molar-refractivity contribution in [2.75, 3.05) is 0 Å². The maximum atomic E-state index is 11.0. The van der Waals surface area contributed by atoms with E-state index < -0.39 is 5.97 Å². The number of carboxylic acid groups (broad SMARTS) is 1. The van der Waals surface area contributed by atoms with Crippen molar-refractivity contribution in [1.82, 2.24) is 5.32 Å². The van der Waals surface area contributed by atoms with Crippen LogP contribution in [0.3, 0.4) is 0 Å². The van der Waals surface area contributed by atoms with Crippen LogP contribution in [-0.4, -0.2) is 17.1 Å². The lowest BCUT2D eigenvalue weighted by Gasteiger charge is -2.14. The summed E-state index contributed by atoms with van der Waals surface area (Å²) in [5.74, 6) is 0.0458.